The maximum Gasteiger partial charge on any atom is 0.494 e. The summed E-state index contributed by atoms with van der Waals surface area (Å²) in [5, 5.41) is 0.832. The van der Waals surface area contributed by atoms with E-state index in [9.17, 15) is 0 Å². The molecule has 8 heteroatoms. The van der Waals surface area contributed by atoms with Gasteiger partial charge in [0.25, 0.3) is 0 Å². The predicted molar refractivity (Wildman–Crippen MR) is 124 cm³/mol. The van der Waals surface area contributed by atoms with Crippen LogP contribution in [0.25, 0.3) is 22.2 Å². The van der Waals surface area contributed by atoms with Crippen molar-refractivity contribution in [2.24, 2.45) is 0 Å². The highest BCUT2D eigenvalue weighted by atomic mass is 19.1. The first-order chi connectivity index (χ1) is 15.2. The Hall–Kier alpha value is -2.55. The zero-order valence-electron chi connectivity index (χ0n) is 18.9. The van der Waals surface area contributed by atoms with Gasteiger partial charge in [-0.05, 0) is 51.4 Å². The Balaban J connectivity index is 1.52. The van der Waals surface area contributed by atoms with Crippen LogP contribution in [-0.2, 0) is 14.0 Å². The number of hydrogen-bond donors (Lipinski definition) is 0. The summed E-state index contributed by atoms with van der Waals surface area (Å²) in [4.78, 5) is 10.9. The van der Waals surface area contributed by atoms with Crippen LogP contribution in [0.15, 0.2) is 42.7 Å². The molecule has 0 N–H and O–H groups in total. The first-order valence-electron chi connectivity index (χ1n) is 11.0. The molecule has 2 aromatic carbocycles. The van der Waals surface area contributed by atoms with Crippen LogP contribution in [0.2, 0.25) is 0 Å². The molecule has 32 heavy (non-hydrogen) atoms. The number of rotatable bonds is 3. The quantitative estimate of drug-likeness (QED) is 0.587. The minimum absolute atomic E-state index is 0.265. The average molecular weight is 435 g/mol. The molecule has 6 nitrogen and oxygen atoms in total. The first-order valence-corrected chi connectivity index (χ1v) is 11.0. The Bertz CT molecular complexity index is 1150. The van der Waals surface area contributed by atoms with E-state index in [0.29, 0.717) is 43.2 Å². The molecule has 2 saturated heterocycles. The SMILES string of the molecule is CC1(C)OB(c2ccc3ncnc(-c4ccc(N5CCOCC5)c(F)c4)c3c2)OC1(C)C. The molecule has 3 aromatic rings. The van der Waals surface area contributed by atoms with Gasteiger partial charge in [-0.2, -0.15) is 0 Å². The van der Waals surface area contributed by atoms with Crippen molar-refractivity contribution in [3.05, 3.63) is 48.5 Å². The summed E-state index contributed by atoms with van der Waals surface area (Å²) in [7, 11) is -0.488. The Kier molecular flexibility index (Phi) is 5.19. The number of ether oxygens (including phenoxy) is 1. The third-order valence-corrected chi connectivity index (χ3v) is 6.76. The van der Waals surface area contributed by atoms with Crippen LogP contribution in [0.5, 0.6) is 0 Å². The maximum absolute atomic E-state index is 15.1. The Morgan fingerprint density at radius 1 is 0.938 bits per heavy atom. The maximum atomic E-state index is 15.1. The van der Waals surface area contributed by atoms with Gasteiger partial charge in [0.15, 0.2) is 0 Å². The van der Waals surface area contributed by atoms with Gasteiger partial charge in [0, 0.05) is 24.0 Å². The lowest BCUT2D eigenvalue weighted by Crippen LogP contribution is -2.41. The van der Waals surface area contributed by atoms with E-state index < -0.39 is 18.3 Å². The number of anilines is 1. The Morgan fingerprint density at radius 2 is 1.66 bits per heavy atom. The molecule has 0 saturated carbocycles. The van der Waals surface area contributed by atoms with E-state index in [4.69, 9.17) is 14.0 Å². The van der Waals surface area contributed by atoms with Gasteiger partial charge in [-0.3, -0.25) is 0 Å². The smallest absolute Gasteiger partial charge is 0.399 e. The molecule has 2 aliphatic rings. The highest BCUT2D eigenvalue weighted by Crippen LogP contribution is 2.37. The number of hydrogen-bond acceptors (Lipinski definition) is 6. The lowest BCUT2D eigenvalue weighted by molar-refractivity contribution is 0.00578. The fourth-order valence-electron chi connectivity index (χ4n) is 4.14. The molecular formula is C24H27BFN3O3. The van der Waals surface area contributed by atoms with Gasteiger partial charge in [-0.25, -0.2) is 14.4 Å². The highest BCUT2D eigenvalue weighted by molar-refractivity contribution is 6.62. The van der Waals surface area contributed by atoms with Gasteiger partial charge in [-0.15, -0.1) is 0 Å². The van der Waals surface area contributed by atoms with Crippen LogP contribution >= 0.6 is 0 Å². The largest absolute Gasteiger partial charge is 0.494 e. The summed E-state index contributed by atoms with van der Waals surface area (Å²) in [6, 6.07) is 11.2. The molecule has 2 fully saturated rings. The molecule has 0 spiro atoms. The van der Waals surface area contributed by atoms with Crippen LogP contribution in [0.4, 0.5) is 10.1 Å². The average Bonchev–Trinajstić information content (AvgIpc) is 3.00. The summed E-state index contributed by atoms with van der Waals surface area (Å²) in [5.41, 5.74) is 2.79. The summed E-state index contributed by atoms with van der Waals surface area (Å²) in [6.07, 6.45) is 1.51. The highest BCUT2D eigenvalue weighted by Gasteiger charge is 2.51. The molecule has 0 unspecified atom stereocenters. The number of benzene rings is 2. The summed E-state index contributed by atoms with van der Waals surface area (Å²) in [6.45, 7) is 10.7. The van der Waals surface area contributed by atoms with Gasteiger partial charge in [0.1, 0.15) is 12.1 Å². The number of aromatic nitrogens is 2. The van der Waals surface area contributed by atoms with E-state index in [1.54, 1.807) is 6.07 Å². The van der Waals surface area contributed by atoms with Crippen LogP contribution in [0.3, 0.4) is 0 Å². The van der Waals surface area contributed by atoms with Crippen molar-refractivity contribution in [3.8, 4) is 11.3 Å². The van der Waals surface area contributed by atoms with Crippen molar-refractivity contribution in [2.75, 3.05) is 31.2 Å². The van der Waals surface area contributed by atoms with Crippen LogP contribution in [-0.4, -0.2) is 54.6 Å². The van der Waals surface area contributed by atoms with E-state index in [2.05, 4.69) is 9.97 Å². The van der Waals surface area contributed by atoms with Crippen molar-refractivity contribution in [3.63, 3.8) is 0 Å². The number of morpholine rings is 1. The normalized spacial score (nSPS) is 20.2. The van der Waals surface area contributed by atoms with Crippen LogP contribution in [0.1, 0.15) is 27.7 Å². The first kappa shape index (κ1) is 21.3. The van der Waals surface area contributed by atoms with E-state index in [1.807, 2.05) is 62.9 Å². The molecule has 1 aromatic heterocycles. The predicted octanol–water partition coefficient (Wildman–Crippen LogP) is 3.57. The third-order valence-electron chi connectivity index (χ3n) is 6.76. The van der Waals surface area contributed by atoms with Gasteiger partial charge in [-0.1, -0.05) is 18.2 Å². The van der Waals surface area contributed by atoms with Crippen LogP contribution in [0, 0.1) is 5.82 Å². The lowest BCUT2D eigenvalue weighted by atomic mass is 9.78. The van der Waals surface area contributed by atoms with Gasteiger partial charge < -0.3 is 18.9 Å². The van der Waals surface area contributed by atoms with Gasteiger partial charge in [0.05, 0.1) is 41.3 Å². The zero-order valence-corrected chi connectivity index (χ0v) is 18.9. The molecule has 0 atom stereocenters. The van der Waals surface area contributed by atoms with E-state index in [0.717, 1.165) is 16.4 Å². The monoisotopic (exact) mass is 435 g/mol. The van der Waals surface area contributed by atoms with Crippen molar-refractivity contribution >= 4 is 29.2 Å². The second-order valence-corrected chi connectivity index (χ2v) is 9.35. The second-order valence-electron chi connectivity index (χ2n) is 9.35. The molecule has 166 valence electrons. The van der Waals surface area contributed by atoms with Crippen molar-refractivity contribution in [1.29, 1.82) is 0 Å². The van der Waals surface area contributed by atoms with Crippen molar-refractivity contribution < 1.29 is 18.4 Å². The number of nitrogens with zero attached hydrogens (tertiary/aromatic N) is 3. The fourth-order valence-corrected chi connectivity index (χ4v) is 4.14. The minimum atomic E-state index is -0.488. The van der Waals surface area contributed by atoms with E-state index >= 15 is 4.39 Å². The van der Waals surface area contributed by atoms with Crippen molar-refractivity contribution in [1.82, 2.24) is 9.97 Å². The standard InChI is InChI=1S/C24H27BFN3O3/c1-23(2)24(3,4)32-25(31-23)17-6-7-20-18(14-17)22(28-15-27-20)16-5-8-21(19(26)13-16)29-9-11-30-12-10-29/h5-8,13-15H,9-12H2,1-4H3. The molecule has 0 aliphatic carbocycles. The Morgan fingerprint density at radius 3 is 2.34 bits per heavy atom. The molecule has 2 aliphatic heterocycles. The molecule has 5 rings (SSSR count). The number of halogens is 1. The zero-order chi connectivity index (χ0) is 22.5. The van der Waals surface area contributed by atoms with Gasteiger partial charge in [0.2, 0.25) is 0 Å². The molecule has 3 heterocycles. The number of fused-ring (bicyclic) bond motifs is 1. The summed E-state index contributed by atoms with van der Waals surface area (Å²) < 4.78 is 32.8. The van der Waals surface area contributed by atoms with Crippen LogP contribution < -0.4 is 10.4 Å². The van der Waals surface area contributed by atoms with Gasteiger partial charge >= 0.3 is 7.12 Å². The van der Waals surface area contributed by atoms with E-state index in [-0.39, 0.29) is 5.82 Å². The minimum Gasteiger partial charge on any atom is -0.399 e. The second kappa shape index (κ2) is 7.80. The summed E-state index contributed by atoms with van der Waals surface area (Å²) >= 11 is 0. The molecule has 0 radical (unpaired) electrons. The Labute approximate surface area is 187 Å². The van der Waals surface area contributed by atoms with E-state index in [1.165, 1.54) is 6.33 Å². The molecule has 0 bridgehead atoms. The topological polar surface area (TPSA) is 56.7 Å². The molecular weight excluding hydrogens is 408 g/mol. The molecule has 0 amide bonds. The van der Waals surface area contributed by atoms with Crippen molar-refractivity contribution in [2.45, 2.75) is 38.9 Å². The summed E-state index contributed by atoms with van der Waals surface area (Å²) in [5.74, 6) is -0.265. The lowest BCUT2D eigenvalue weighted by Gasteiger charge is -2.32. The third kappa shape index (κ3) is 3.66. The fraction of sp³-hybridized carbons (Fsp3) is 0.417.